The van der Waals surface area contributed by atoms with Gasteiger partial charge in [-0.2, -0.15) is 0 Å². The fourth-order valence-corrected chi connectivity index (χ4v) is 1.08. The number of rotatable bonds is 9. The van der Waals surface area contributed by atoms with Crippen LogP contribution in [0.5, 0.6) is 0 Å². The third kappa shape index (κ3) is 6.23. The molecular formula is C11H22O4. The van der Waals surface area contributed by atoms with Crippen LogP contribution in [-0.4, -0.2) is 27.1 Å². The monoisotopic (exact) mass is 218 g/mol. The zero-order valence-electron chi connectivity index (χ0n) is 10.2. The van der Waals surface area contributed by atoms with Crippen molar-refractivity contribution in [2.75, 3.05) is 27.1 Å². The van der Waals surface area contributed by atoms with Crippen LogP contribution in [0.15, 0.2) is 11.7 Å². The Labute approximate surface area is 92.2 Å². The lowest BCUT2D eigenvalue weighted by Gasteiger charge is -2.15. The van der Waals surface area contributed by atoms with Crippen molar-refractivity contribution >= 4 is 0 Å². The van der Waals surface area contributed by atoms with Gasteiger partial charge in [0.25, 0.3) is 0 Å². The molecule has 4 heteroatoms. The highest BCUT2D eigenvalue weighted by Crippen LogP contribution is 2.15. The topological polar surface area (TPSA) is 36.9 Å². The lowest BCUT2D eigenvalue weighted by Crippen LogP contribution is -2.07. The summed E-state index contributed by atoms with van der Waals surface area (Å²) < 4.78 is 21.0. The average Bonchev–Trinajstić information content (AvgIpc) is 2.24. The molecule has 0 aliphatic rings. The van der Waals surface area contributed by atoms with Crippen molar-refractivity contribution < 1.29 is 18.9 Å². The summed E-state index contributed by atoms with van der Waals surface area (Å²) in [5.74, 6) is 1.21. The van der Waals surface area contributed by atoms with Gasteiger partial charge in [-0.05, 0) is 20.3 Å². The van der Waals surface area contributed by atoms with Gasteiger partial charge in [0.2, 0.25) is 0 Å². The molecule has 0 radical (unpaired) electrons. The van der Waals surface area contributed by atoms with E-state index < -0.39 is 0 Å². The maximum atomic E-state index is 5.47. The van der Waals surface area contributed by atoms with Crippen molar-refractivity contribution in [3.05, 3.63) is 11.7 Å². The maximum Gasteiger partial charge on any atom is 0.321 e. The molecule has 0 N–H and O–H groups in total. The summed E-state index contributed by atoms with van der Waals surface area (Å²) in [7, 11) is 1.57. The van der Waals surface area contributed by atoms with E-state index in [0.717, 1.165) is 18.6 Å². The zero-order valence-corrected chi connectivity index (χ0v) is 10.2. The van der Waals surface area contributed by atoms with Crippen molar-refractivity contribution in [1.29, 1.82) is 0 Å². The van der Waals surface area contributed by atoms with Gasteiger partial charge < -0.3 is 18.9 Å². The molecule has 0 aliphatic carbocycles. The van der Waals surface area contributed by atoms with Crippen LogP contribution < -0.4 is 0 Å². The van der Waals surface area contributed by atoms with Gasteiger partial charge >= 0.3 is 5.95 Å². The summed E-state index contributed by atoms with van der Waals surface area (Å²) in [6.45, 7) is 7.28. The van der Waals surface area contributed by atoms with E-state index in [-0.39, 0.29) is 6.79 Å². The number of allylic oxidation sites excluding steroid dienone is 1. The molecule has 4 nitrogen and oxygen atoms in total. The van der Waals surface area contributed by atoms with Crippen LogP contribution in [0.2, 0.25) is 0 Å². The van der Waals surface area contributed by atoms with Crippen molar-refractivity contribution in [3.63, 3.8) is 0 Å². The van der Waals surface area contributed by atoms with Crippen LogP contribution >= 0.6 is 0 Å². The van der Waals surface area contributed by atoms with Gasteiger partial charge in [0.15, 0.2) is 12.6 Å². The Morgan fingerprint density at radius 1 is 0.933 bits per heavy atom. The summed E-state index contributed by atoms with van der Waals surface area (Å²) in [6.07, 6.45) is 1.80. The average molecular weight is 218 g/mol. The molecule has 15 heavy (non-hydrogen) atoms. The number of methoxy groups -OCH3 is 1. The highest BCUT2D eigenvalue weighted by atomic mass is 16.7. The smallest absolute Gasteiger partial charge is 0.321 e. The van der Waals surface area contributed by atoms with Crippen molar-refractivity contribution in [2.24, 2.45) is 0 Å². The predicted molar refractivity (Wildman–Crippen MR) is 58.1 cm³/mol. The molecule has 0 aliphatic heterocycles. The highest BCUT2D eigenvalue weighted by Gasteiger charge is 2.10. The zero-order chi connectivity index (χ0) is 11.5. The maximum absolute atomic E-state index is 5.47. The minimum atomic E-state index is 0.176. The normalized spacial score (nSPS) is 12.0. The van der Waals surface area contributed by atoms with E-state index in [9.17, 15) is 0 Å². The van der Waals surface area contributed by atoms with Crippen molar-refractivity contribution in [2.45, 2.75) is 33.6 Å². The Bertz CT molecular complexity index is 169. The van der Waals surface area contributed by atoms with Gasteiger partial charge in [-0.3, -0.25) is 0 Å². The lowest BCUT2D eigenvalue weighted by molar-refractivity contribution is -0.0663. The first-order valence-electron chi connectivity index (χ1n) is 5.40. The Morgan fingerprint density at radius 2 is 1.60 bits per heavy atom. The Kier molecular flexibility index (Phi) is 9.07. The minimum Gasteiger partial charge on any atom is -0.491 e. The summed E-state index contributed by atoms with van der Waals surface area (Å²) >= 11 is 0. The quantitative estimate of drug-likeness (QED) is 0.440. The van der Waals surface area contributed by atoms with E-state index in [2.05, 4.69) is 6.92 Å². The van der Waals surface area contributed by atoms with Crippen LogP contribution in [-0.2, 0) is 18.9 Å². The summed E-state index contributed by atoms with van der Waals surface area (Å²) in [4.78, 5) is 0. The van der Waals surface area contributed by atoms with Gasteiger partial charge in [0.05, 0.1) is 13.2 Å². The molecule has 0 rings (SSSR count). The van der Waals surface area contributed by atoms with Gasteiger partial charge in [0, 0.05) is 13.5 Å². The van der Waals surface area contributed by atoms with Crippen molar-refractivity contribution in [1.82, 2.24) is 0 Å². The number of ether oxygens (including phenoxy) is 4. The molecular weight excluding hydrogens is 196 g/mol. The van der Waals surface area contributed by atoms with Gasteiger partial charge in [-0.1, -0.05) is 6.92 Å². The van der Waals surface area contributed by atoms with Crippen LogP contribution in [0.3, 0.4) is 0 Å². The van der Waals surface area contributed by atoms with E-state index in [0.29, 0.717) is 19.2 Å². The second-order valence-electron chi connectivity index (χ2n) is 2.88. The van der Waals surface area contributed by atoms with Crippen LogP contribution in [0.25, 0.3) is 0 Å². The lowest BCUT2D eigenvalue weighted by atomic mass is 10.3. The molecule has 90 valence electrons. The molecule has 0 saturated heterocycles. The minimum absolute atomic E-state index is 0.176. The predicted octanol–water partition coefficient (Wildman–Crippen LogP) is 2.65. The summed E-state index contributed by atoms with van der Waals surface area (Å²) in [5, 5.41) is 0. The van der Waals surface area contributed by atoms with Crippen LogP contribution in [0.4, 0.5) is 0 Å². The van der Waals surface area contributed by atoms with Crippen molar-refractivity contribution in [3.8, 4) is 0 Å². The van der Waals surface area contributed by atoms with E-state index >= 15 is 0 Å². The molecule has 0 fully saturated rings. The second kappa shape index (κ2) is 9.65. The Hall–Kier alpha value is -0.900. The molecule has 0 unspecified atom stereocenters. The SMILES string of the molecule is CCCC(OCC)=C(OCC)OCOC. The first-order chi connectivity index (χ1) is 7.29. The Morgan fingerprint density at radius 3 is 2.07 bits per heavy atom. The fraction of sp³-hybridized carbons (Fsp3) is 0.818. The second-order valence-corrected chi connectivity index (χ2v) is 2.88. The molecule has 0 saturated carbocycles. The van der Waals surface area contributed by atoms with Crippen LogP contribution in [0.1, 0.15) is 33.6 Å². The molecule has 0 aromatic rings. The molecule has 0 bridgehead atoms. The molecule has 0 heterocycles. The van der Waals surface area contributed by atoms with Crippen LogP contribution in [0, 0.1) is 0 Å². The third-order valence-corrected chi connectivity index (χ3v) is 1.61. The molecule has 0 spiro atoms. The molecule has 0 atom stereocenters. The summed E-state index contributed by atoms with van der Waals surface area (Å²) in [6, 6.07) is 0. The van der Waals surface area contributed by atoms with E-state index in [1.807, 2.05) is 13.8 Å². The van der Waals surface area contributed by atoms with E-state index in [1.165, 1.54) is 0 Å². The number of hydrogen-bond donors (Lipinski definition) is 0. The largest absolute Gasteiger partial charge is 0.491 e. The van der Waals surface area contributed by atoms with Gasteiger partial charge in [-0.15, -0.1) is 0 Å². The third-order valence-electron chi connectivity index (χ3n) is 1.61. The first kappa shape index (κ1) is 14.1. The van der Waals surface area contributed by atoms with Gasteiger partial charge in [0.1, 0.15) is 0 Å². The molecule has 0 amide bonds. The standard InChI is InChI=1S/C11H22O4/c1-5-8-10(13-6-2)11(14-7-3)15-9-12-4/h5-9H2,1-4H3. The van der Waals surface area contributed by atoms with E-state index in [1.54, 1.807) is 7.11 Å². The van der Waals surface area contributed by atoms with Gasteiger partial charge in [-0.25, -0.2) is 0 Å². The number of hydrogen-bond acceptors (Lipinski definition) is 4. The highest BCUT2D eigenvalue weighted by molar-refractivity contribution is 4.94. The fourth-order valence-electron chi connectivity index (χ4n) is 1.08. The molecule has 0 aromatic heterocycles. The Balaban J connectivity index is 4.45. The first-order valence-corrected chi connectivity index (χ1v) is 5.40. The summed E-state index contributed by atoms with van der Waals surface area (Å²) in [5.41, 5.74) is 0. The molecule has 0 aromatic carbocycles. The van der Waals surface area contributed by atoms with E-state index in [4.69, 9.17) is 18.9 Å².